The highest BCUT2D eigenvalue weighted by Gasteiger charge is 2.22. The van der Waals surface area contributed by atoms with Crippen LogP contribution in [0.1, 0.15) is 38.4 Å². The highest BCUT2D eigenvalue weighted by molar-refractivity contribution is 5.35. The topological polar surface area (TPSA) is 38.7 Å². The van der Waals surface area contributed by atoms with Crippen LogP contribution in [0.4, 0.5) is 4.39 Å². The summed E-state index contributed by atoms with van der Waals surface area (Å²) >= 11 is 0. The van der Waals surface area contributed by atoms with Gasteiger partial charge in [-0.2, -0.15) is 0 Å². The van der Waals surface area contributed by atoms with Crippen molar-refractivity contribution in [2.24, 2.45) is 0 Å². The molecule has 100 valence electrons. The number of halogens is 1. The molecule has 0 bridgehead atoms. The van der Waals surface area contributed by atoms with Crippen molar-refractivity contribution in [1.29, 1.82) is 0 Å². The molecule has 1 fully saturated rings. The molecule has 4 heteroatoms. The SMILES string of the molecule is CC1CCC(COc2cc(F)ccc2[C@H](C)O)O1. The lowest BCUT2D eigenvalue weighted by atomic mass is 10.1. The lowest BCUT2D eigenvalue weighted by molar-refractivity contribution is 0.0256. The third-order valence-electron chi connectivity index (χ3n) is 3.17. The number of rotatable bonds is 4. The van der Waals surface area contributed by atoms with Crippen molar-refractivity contribution in [3.63, 3.8) is 0 Å². The summed E-state index contributed by atoms with van der Waals surface area (Å²) in [4.78, 5) is 0. The molecule has 0 aliphatic carbocycles. The Morgan fingerprint density at radius 3 is 2.89 bits per heavy atom. The molecule has 2 unspecified atom stereocenters. The van der Waals surface area contributed by atoms with Crippen LogP contribution >= 0.6 is 0 Å². The van der Waals surface area contributed by atoms with Crippen LogP contribution in [0.2, 0.25) is 0 Å². The Morgan fingerprint density at radius 1 is 1.50 bits per heavy atom. The van der Waals surface area contributed by atoms with Gasteiger partial charge in [0.15, 0.2) is 0 Å². The van der Waals surface area contributed by atoms with E-state index in [1.54, 1.807) is 13.0 Å². The summed E-state index contributed by atoms with van der Waals surface area (Å²) < 4.78 is 24.4. The second-order valence-corrected chi connectivity index (χ2v) is 4.82. The monoisotopic (exact) mass is 254 g/mol. The molecule has 0 saturated carbocycles. The molecule has 18 heavy (non-hydrogen) atoms. The maximum absolute atomic E-state index is 13.2. The minimum Gasteiger partial charge on any atom is -0.490 e. The summed E-state index contributed by atoms with van der Waals surface area (Å²) in [6, 6.07) is 4.18. The lowest BCUT2D eigenvalue weighted by Gasteiger charge is -2.16. The van der Waals surface area contributed by atoms with Gasteiger partial charge in [0.2, 0.25) is 0 Å². The van der Waals surface area contributed by atoms with E-state index in [-0.39, 0.29) is 18.0 Å². The smallest absolute Gasteiger partial charge is 0.128 e. The summed E-state index contributed by atoms with van der Waals surface area (Å²) in [5.74, 6) is 0.0308. The van der Waals surface area contributed by atoms with E-state index in [2.05, 4.69) is 0 Å². The number of hydrogen-bond donors (Lipinski definition) is 1. The van der Waals surface area contributed by atoms with E-state index in [0.717, 1.165) is 12.8 Å². The van der Waals surface area contributed by atoms with Crippen LogP contribution in [0.3, 0.4) is 0 Å². The summed E-state index contributed by atoms with van der Waals surface area (Å²) in [5, 5.41) is 9.60. The zero-order valence-electron chi connectivity index (χ0n) is 10.7. The normalized spacial score (nSPS) is 25.1. The predicted molar refractivity (Wildman–Crippen MR) is 66.1 cm³/mol. The summed E-state index contributed by atoms with van der Waals surface area (Å²) in [6.07, 6.45) is 1.64. The minimum atomic E-state index is -0.677. The van der Waals surface area contributed by atoms with Crippen LogP contribution in [0.15, 0.2) is 18.2 Å². The lowest BCUT2D eigenvalue weighted by Crippen LogP contribution is -2.18. The first-order chi connectivity index (χ1) is 8.56. The van der Waals surface area contributed by atoms with Gasteiger partial charge < -0.3 is 14.6 Å². The zero-order valence-corrected chi connectivity index (χ0v) is 10.7. The fourth-order valence-electron chi connectivity index (χ4n) is 2.17. The Labute approximate surface area is 107 Å². The van der Waals surface area contributed by atoms with Crippen molar-refractivity contribution < 1.29 is 19.0 Å². The summed E-state index contributed by atoms with van der Waals surface area (Å²) in [6.45, 7) is 4.06. The molecule has 1 saturated heterocycles. The molecule has 0 spiro atoms. The fraction of sp³-hybridized carbons (Fsp3) is 0.571. The summed E-state index contributed by atoms with van der Waals surface area (Å²) in [7, 11) is 0. The maximum atomic E-state index is 13.2. The molecule has 3 nitrogen and oxygen atoms in total. The van der Waals surface area contributed by atoms with Crippen molar-refractivity contribution in [3.8, 4) is 5.75 Å². The number of aliphatic hydroxyl groups excluding tert-OH is 1. The Morgan fingerprint density at radius 2 is 2.28 bits per heavy atom. The number of ether oxygens (including phenoxy) is 2. The molecular weight excluding hydrogens is 235 g/mol. The predicted octanol–water partition coefficient (Wildman–Crippen LogP) is 2.83. The van der Waals surface area contributed by atoms with Crippen molar-refractivity contribution in [3.05, 3.63) is 29.6 Å². The first-order valence-electron chi connectivity index (χ1n) is 6.32. The van der Waals surface area contributed by atoms with Gasteiger partial charge in [-0.1, -0.05) is 0 Å². The van der Waals surface area contributed by atoms with E-state index in [0.29, 0.717) is 17.9 Å². The third kappa shape index (κ3) is 3.21. The van der Waals surface area contributed by atoms with Crippen molar-refractivity contribution in [2.45, 2.75) is 45.0 Å². The van der Waals surface area contributed by atoms with Gasteiger partial charge in [0.25, 0.3) is 0 Å². The highest BCUT2D eigenvalue weighted by atomic mass is 19.1. The van der Waals surface area contributed by atoms with Crippen LogP contribution < -0.4 is 4.74 Å². The molecule has 1 N–H and O–H groups in total. The zero-order chi connectivity index (χ0) is 13.1. The molecule has 0 radical (unpaired) electrons. The molecule has 1 aliphatic heterocycles. The minimum absolute atomic E-state index is 0.0603. The van der Waals surface area contributed by atoms with E-state index < -0.39 is 6.10 Å². The first-order valence-corrected chi connectivity index (χ1v) is 6.32. The van der Waals surface area contributed by atoms with Crippen LogP contribution in [0.5, 0.6) is 5.75 Å². The number of aliphatic hydroxyl groups is 1. The van der Waals surface area contributed by atoms with Gasteiger partial charge in [-0.15, -0.1) is 0 Å². The van der Waals surface area contributed by atoms with Gasteiger partial charge >= 0.3 is 0 Å². The maximum Gasteiger partial charge on any atom is 0.128 e. The van der Waals surface area contributed by atoms with Gasteiger partial charge in [-0.25, -0.2) is 4.39 Å². The largest absolute Gasteiger partial charge is 0.490 e. The Hall–Kier alpha value is -1.13. The molecule has 3 atom stereocenters. The van der Waals surface area contributed by atoms with E-state index in [1.165, 1.54) is 12.1 Å². The van der Waals surface area contributed by atoms with Gasteiger partial charge in [0.1, 0.15) is 18.2 Å². The molecule has 1 aromatic carbocycles. The Bertz CT molecular complexity index is 406. The second-order valence-electron chi connectivity index (χ2n) is 4.82. The number of benzene rings is 1. The van der Waals surface area contributed by atoms with Gasteiger partial charge in [-0.05, 0) is 38.8 Å². The quantitative estimate of drug-likeness (QED) is 0.898. The molecular formula is C14H19FO3. The van der Waals surface area contributed by atoms with E-state index in [9.17, 15) is 9.50 Å². The van der Waals surface area contributed by atoms with Crippen LogP contribution in [0.25, 0.3) is 0 Å². The van der Waals surface area contributed by atoms with E-state index in [1.807, 2.05) is 6.92 Å². The van der Waals surface area contributed by atoms with Gasteiger partial charge in [-0.3, -0.25) is 0 Å². The standard InChI is InChI=1S/C14H19FO3/c1-9-3-5-12(18-9)8-17-14-7-11(15)4-6-13(14)10(2)16/h4,6-7,9-10,12,16H,3,5,8H2,1-2H3/t9?,10-,12?/m0/s1. The summed E-state index contributed by atoms with van der Waals surface area (Å²) in [5.41, 5.74) is 0.599. The molecule has 2 rings (SSSR count). The molecule has 0 aromatic heterocycles. The number of hydrogen-bond acceptors (Lipinski definition) is 3. The highest BCUT2D eigenvalue weighted by Crippen LogP contribution is 2.27. The van der Waals surface area contributed by atoms with Gasteiger partial charge in [0, 0.05) is 11.6 Å². The van der Waals surface area contributed by atoms with Crippen LogP contribution in [-0.4, -0.2) is 23.9 Å². The Balaban J connectivity index is 2.01. The Kier molecular flexibility index (Phi) is 4.19. The first kappa shape index (κ1) is 13.3. The molecule has 1 heterocycles. The van der Waals surface area contributed by atoms with Crippen LogP contribution in [-0.2, 0) is 4.74 Å². The van der Waals surface area contributed by atoms with Crippen molar-refractivity contribution >= 4 is 0 Å². The van der Waals surface area contributed by atoms with Crippen molar-refractivity contribution in [2.75, 3.05) is 6.61 Å². The van der Waals surface area contributed by atoms with E-state index in [4.69, 9.17) is 9.47 Å². The van der Waals surface area contributed by atoms with E-state index >= 15 is 0 Å². The second kappa shape index (κ2) is 5.67. The van der Waals surface area contributed by atoms with Crippen molar-refractivity contribution in [1.82, 2.24) is 0 Å². The average molecular weight is 254 g/mol. The molecule has 1 aliphatic rings. The molecule has 0 amide bonds. The third-order valence-corrected chi connectivity index (χ3v) is 3.17. The fourth-order valence-corrected chi connectivity index (χ4v) is 2.17. The van der Waals surface area contributed by atoms with Gasteiger partial charge in [0.05, 0.1) is 18.3 Å². The molecule has 1 aromatic rings. The van der Waals surface area contributed by atoms with Crippen LogP contribution in [0, 0.1) is 5.82 Å². The average Bonchev–Trinajstić information content (AvgIpc) is 2.72.